The van der Waals surface area contributed by atoms with Gasteiger partial charge in [-0.2, -0.15) is 0 Å². The van der Waals surface area contributed by atoms with E-state index in [-0.39, 0.29) is 0 Å². The quantitative estimate of drug-likeness (QED) is 0.626. The van der Waals surface area contributed by atoms with Crippen molar-refractivity contribution in [1.82, 2.24) is 10.2 Å². The van der Waals surface area contributed by atoms with E-state index in [0.717, 1.165) is 18.1 Å². The van der Waals surface area contributed by atoms with Crippen LogP contribution in [0.5, 0.6) is 0 Å². The Morgan fingerprint density at radius 3 is 2.88 bits per heavy atom. The summed E-state index contributed by atoms with van der Waals surface area (Å²) in [5.74, 6) is 1.83. The number of rotatable bonds is 5. The molecule has 4 nitrogen and oxygen atoms in total. The van der Waals surface area contributed by atoms with Crippen LogP contribution in [0.25, 0.3) is 0 Å². The lowest BCUT2D eigenvalue weighted by Gasteiger charge is -2.19. The smallest absolute Gasteiger partial charge is 0.169 e. The minimum atomic E-state index is 0.647. The van der Waals surface area contributed by atoms with E-state index in [0.29, 0.717) is 18.3 Å². The first-order valence-electron chi connectivity index (χ1n) is 5.16. The molecule has 0 aliphatic rings. The van der Waals surface area contributed by atoms with Crippen molar-refractivity contribution in [2.45, 2.75) is 13.5 Å². The summed E-state index contributed by atoms with van der Waals surface area (Å²) in [5, 5.41) is 3.80. The molecule has 0 aliphatic carbocycles. The first-order chi connectivity index (χ1) is 7.63. The first-order valence-corrected chi connectivity index (χ1v) is 5.57. The molecule has 0 amide bonds. The third-order valence-corrected chi connectivity index (χ3v) is 2.57. The molecule has 0 saturated heterocycles. The van der Waals surface area contributed by atoms with Crippen LogP contribution in [0.1, 0.15) is 11.5 Å². The predicted octanol–water partition coefficient (Wildman–Crippen LogP) is 1.54. The van der Waals surface area contributed by atoms with Gasteiger partial charge in [0.1, 0.15) is 11.5 Å². The summed E-state index contributed by atoms with van der Waals surface area (Å²) in [6.45, 7) is 3.97. The first kappa shape index (κ1) is 13.0. The van der Waals surface area contributed by atoms with Crippen LogP contribution in [0.2, 0.25) is 0 Å². The number of thiocarbonyl (C=S) groups is 1. The number of methoxy groups -OCH3 is 1. The molecule has 0 spiro atoms. The number of furan rings is 1. The van der Waals surface area contributed by atoms with Crippen molar-refractivity contribution < 1.29 is 9.15 Å². The largest absolute Gasteiger partial charge is 0.464 e. The molecule has 0 bridgehead atoms. The fraction of sp³-hybridized carbons (Fsp3) is 0.545. The highest BCUT2D eigenvalue weighted by Crippen LogP contribution is 2.08. The van der Waals surface area contributed by atoms with Gasteiger partial charge in [-0.1, -0.05) is 0 Å². The van der Waals surface area contributed by atoms with Gasteiger partial charge >= 0.3 is 0 Å². The Morgan fingerprint density at radius 2 is 2.31 bits per heavy atom. The predicted molar refractivity (Wildman–Crippen MR) is 67.4 cm³/mol. The van der Waals surface area contributed by atoms with E-state index >= 15 is 0 Å². The molecular weight excluding hydrogens is 224 g/mol. The van der Waals surface area contributed by atoms with Crippen LogP contribution in [0.3, 0.4) is 0 Å². The molecule has 0 atom stereocenters. The van der Waals surface area contributed by atoms with Crippen LogP contribution in [0.15, 0.2) is 16.5 Å². The third kappa shape index (κ3) is 4.20. The SMILES string of the molecule is COCCNC(=S)N(C)Cc1ccc(C)o1. The monoisotopic (exact) mass is 242 g/mol. The Kier molecular flexibility index (Phi) is 5.28. The second-order valence-corrected chi connectivity index (χ2v) is 3.98. The van der Waals surface area contributed by atoms with E-state index in [1.807, 2.05) is 31.0 Å². The number of nitrogens with one attached hydrogen (secondary N) is 1. The van der Waals surface area contributed by atoms with Crippen molar-refractivity contribution in [2.24, 2.45) is 0 Å². The van der Waals surface area contributed by atoms with Gasteiger partial charge in [0.25, 0.3) is 0 Å². The second-order valence-electron chi connectivity index (χ2n) is 3.59. The summed E-state index contributed by atoms with van der Waals surface area (Å²) in [6.07, 6.45) is 0. The lowest BCUT2D eigenvalue weighted by atomic mass is 10.4. The molecule has 90 valence electrons. The molecule has 1 heterocycles. The lowest BCUT2D eigenvalue weighted by Crippen LogP contribution is -2.38. The van der Waals surface area contributed by atoms with Crippen LogP contribution in [-0.2, 0) is 11.3 Å². The maximum atomic E-state index is 5.48. The minimum Gasteiger partial charge on any atom is -0.464 e. The number of ether oxygens (including phenoxy) is 1. The molecular formula is C11H18N2O2S. The number of nitrogens with zero attached hydrogens (tertiary/aromatic N) is 1. The average molecular weight is 242 g/mol. The standard InChI is InChI=1S/C11H18N2O2S/c1-9-4-5-10(15-9)8-13(2)11(16)12-6-7-14-3/h4-5H,6-8H2,1-3H3,(H,12,16). The Hall–Kier alpha value is -1.07. The van der Waals surface area contributed by atoms with Crippen molar-refractivity contribution in [1.29, 1.82) is 0 Å². The molecule has 0 radical (unpaired) electrons. The van der Waals surface area contributed by atoms with Crippen LogP contribution >= 0.6 is 12.2 Å². The maximum absolute atomic E-state index is 5.48. The molecule has 1 rings (SSSR count). The fourth-order valence-electron chi connectivity index (χ4n) is 1.27. The van der Waals surface area contributed by atoms with Crippen molar-refractivity contribution in [3.05, 3.63) is 23.7 Å². The maximum Gasteiger partial charge on any atom is 0.169 e. The molecule has 16 heavy (non-hydrogen) atoms. The highest BCUT2D eigenvalue weighted by molar-refractivity contribution is 7.80. The summed E-state index contributed by atoms with van der Waals surface area (Å²) in [4.78, 5) is 1.93. The van der Waals surface area contributed by atoms with E-state index < -0.39 is 0 Å². The zero-order valence-corrected chi connectivity index (χ0v) is 10.8. The second kappa shape index (κ2) is 6.50. The molecule has 0 fully saturated rings. The zero-order chi connectivity index (χ0) is 12.0. The van der Waals surface area contributed by atoms with Gasteiger partial charge in [0.15, 0.2) is 5.11 Å². The average Bonchev–Trinajstić information content (AvgIpc) is 2.64. The number of hydrogen-bond acceptors (Lipinski definition) is 3. The molecule has 0 aliphatic heterocycles. The van der Waals surface area contributed by atoms with Gasteiger partial charge in [-0.3, -0.25) is 0 Å². The van der Waals surface area contributed by atoms with E-state index in [4.69, 9.17) is 21.4 Å². The van der Waals surface area contributed by atoms with Gasteiger partial charge < -0.3 is 19.4 Å². The summed E-state index contributed by atoms with van der Waals surface area (Å²) < 4.78 is 10.4. The van der Waals surface area contributed by atoms with E-state index in [9.17, 15) is 0 Å². The van der Waals surface area contributed by atoms with Crippen molar-refractivity contribution in [3.8, 4) is 0 Å². The Balaban J connectivity index is 2.34. The van der Waals surface area contributed by atoms with Crippen molar-refractivity contribution in [2.75, 3.05) is 27.3 Å². The van der Waals surface area contributed by atoms with Gasteiger partial charge in [-0.05, 0) is 31.3 Å². The molecule has 0 unspecified atom stereocenters. The number of aryl methyl sites for hydroxylation is 1. The summed E-state index contributed by atoms with van der Waals surface area (Å²) in [7, 11) is 3.60. The van der Waals surface area contributed by atoms with Crippen LogP contribution in [-0.4, -0.2) is 37.3 Å². The highest BCUT2D eigenvalue weighted by Gasteiger charge is 2.06. The molecule has 1 aromatic rings. The molecule has 1 aromatic heterocycles. The van der Waals surface area contributed by atoms with E-state index in [2.05, 4.69) is 5.32 Å². The van der Waals surface area contributed by atoms with Gasteiger partial charge in [0.2, 0.25) is 0 Å². The lowest BCUT2D eigenvalue weighted by molar-refractivity contribution is 0.203. The normalized spacial score (nSPS) is 10.2. The Bertz CT molecular complexity index is 338. The third-order valence-electron chi connectivity index (χ3n) is 2.12. The molecule has 5 heteroatoms. The zero-order valence-electron chi connectivity index (χ0n) is 9.95. The van der Waals surface area contributed by atoms with E-state index in [1.165, 1.54) is 0 Å². The summed E-state index contributed by atoms with van der Waals surface area (Å²) in [5.41, 5.74) is 0. The Morgan fingerprint density at radius 1 is 1.56 bits per heavy atom. The van der Waals surface area contributed by atoms with Gasteiger partial charge in [0.05, 0.1) is 13.2 Å². The fourth-order valence-corrected chi connectivity index (χ4v) is 1.44. The van der Waals surface area contributed by atoms with Crippen LogP contribution < -0.4 is 5.32 Å². The van der Waals surface area contributed by atoms with Crippen molar-refractivity contribution >= 4 is 17.3 Å². The highest BCUT2D eigenvalue weighted by atomic mass is 32.1. The van der Waals surface area contributed by atoms with Gasteiger partial charge in [-0.25, -0.2) is 0 Å². The molecule has 0 aromatic carbocycles. The minimum absolute atomic E-state index is 0.647. The Labute approximate surface area is 102 Å². The van der Waals surface area contributed by atoms with E-state index in [1.54, 1.807) is 7.11 Å². The summed E-state index contributed by atoms with van der Waals surface area (Å²) in [6, 6.07) is 3.91. The number of hydrogen-bond donors (Lipinski definition) is 1. The van der Waals surface area contributed by atoms with Gasteiger partial charge in [-0.15, -0.1) is 0 Å². The van der Waals surface area contributed by atoms with Crippen molar-refractivity contribution in [3.63, 3.8) is 0 Å². The van der Waals surface area contributed by atoms with Crippen LogP contribution in [0, 0.1) is 6.92 Å². The molecule has 1 N–H and O–H groups in total. The topological polar surface area (TPSA) is 37.6 Å². The van der Waals surface area contributed by atoms with Crippen LogP contribution in [0.4, 0.5) is 0 Å². The molecule has 0 saturated carbocycles. The summed E-state index contributed by atoms with van der Waals surface area (Å²) >= 11 is 5.21. The van der Waals surface area contributed by atoms with Gasteiger partial charge in [0, 0.05) is 20.7 Å².